The summed E-state index contributed by atoms with van der Waals surface area (Å²) in [5, 5.41) is 3.81. The van der Waals surface area contributed by atoms with Crippen LogP contribution in [-0.4, -0.2) is 41.8 Å². The molecular weight excluding hydrogens is 248 g/mol. The van der Waals surface area contributed by atoms with Crippen molar-refractivity contribution >= 4 is 5.91 Å². The van der Waals surface area contributed by atoms with Gasteiger partial charge in [0, 0.05) is 19.2 Å². The van der Waals surface area contributed by atoms with Gasteiger partial charge in [0.15, 0.2) is 11.5 Å². The van der Waals surface area contributed by atoms with E-state index in [9.17, 15) is 4.79 Å². The lowest BCUT2D eigenvalue weighted by Crippen LogP contribution is -2.44. The number of carbonyl (C=O) groups is 1. The van der Waals surface area contributed by atoms with Crippen LogP contribution in [0.3, 0.4) is 0 Å². The van der Waals surface area contributed by atoms with Crippen LogP contribution in [0.25, 0.3) is 11.5 Å². The summed E-state index contributed by atoms with van der Waals surface area (Å²) in [5.41, 5.74) is 0.292. The molecule has 19 heavy (non-hydrogen) atoms. The van der Waals surface area contributed by atoms with E-state index in [1.165, 1.54) is 0 Å². The summed E-state index contributed by atoms with van der Waals surface area (Å²) in [6.07, 6.45) is 1.59. The Balaban J connectivity index is 1.77. The molecule has 0 unspecified atom stereocenters. The minimum absolute atomic E-state index is 0.0501. The zero-order chi connectivity index (χ0) is 13.2. The van der Waals surface area contributed by atoms with Crippen molar-refractivity contribution < 1.29 is 18.5 Å². The molecule has 1 amide bonds. The quantitative estimate of drug-likeness (QED) is 0.825. The van der Waals surface area contributed by atoms with Gasteiger partial charge in [-0.25, -0.2) is 0 Å². The van der Waals surface area contributed by atoms with Crippen LogP contribution in [0.4, 0.5) is 0 Å². The molecule has 100 valence electrons. The molecule has 1 aliphatic rings. The van der Waals surface area contributed by atoms with E-state index < -0.39 is 0 Å². The second-order valence-corrected chi connectivity index (χ2v) is 4.49. The third-order valence-corrected chi connectivity index (χ3v) is 3.02. The van der Waals surface area contributed by atoms with Gasteiger partial charge in [-0.15, -0.1) is 0 Å². The van der Waals surface area contributed by atoms with Gasteiger partial charge in [0.2, 0.25) is 5.76 Å². The second kappa shape index (κ2) is 4.89. The summed E-state index contributed by atoms with van der Waals surface area (Å²) in [7, 11) is 0. The normalized spacial score (nSPS) is 19.6. The van der Waals surface area contributed by atoms with Crippen LogP contribution in [-0.2, 0) is 4.74 Å². The third-order valence-electron chi connectivity index (χ3n) is 3.02. The Labute approximate surface area is 109 Å². The molecule has 0 N–H and O–H groups in total. The average Bonchev–Trinajstić information content (AvgIpc) is 3.08. The number of aromatic nitrogens is 1. The summed E-state index contributed by atoms with van der Waals surface area (Å²) in [6.45, 7) is 3.64. The SMILES string of the molecule is C[C@@H]1CN(C(=O)c2cc(-c3ccco3)on2)CCO1. The Morgan fingerprint density at radius 2 is 2.37 bits per heavy atom. The Morgan fingerprint density at radius 3 is 3.11 bits per heavy atom. The van der Waals surface area contributed by atoms with Crippen molar-refractivity contribution in [2.45, 2.75) is 13.0 Å². The Bertz CT molecular complexity index is 561. The maximum atomic E-state index is 12.2. The van der Waals surface area contributed by atoms with E-state index in [1.54, 1.807) is 29.4 Å². The van der Waals surface area contributed by atoms with Crippen LogP contribution in [0.15, 0.2) is 33.4 Å². The van der Waals surface area contributed by atoms with Gasteiger partial charge in [-0.2, -0.15) is 0 Å². The summed E-state index contributed by atoms with van der Waals surface area (Å²) < 4.78 is 15.7. The van der Waals surface area contributed by atoms with Gasteiger partial charge < -0.3 is 18.6 Å². The van der Waals surface area contributed by atoms with Crippen LogP contribution in [0, 0.1) is 0 Å². The molecule has 0 bridgehead atoms. The Hall–Kier alpha value is -2.08. The third kappa shape index (κ3) is 2.39. The molecule has 1 saturated heterocycles. The number of amides is 1. The molecule has 0 aliphatic carbocycles. The maximum absolute atomic E-state index is 12.2. The molecule has 6 heteroatoms. The lowest BCUT2D eigenvalue weighted by molar-refractivity contribution is -0.0127. The number of morpholine rings is 1. The van der Waals surface area contributed by atoms with E-state index in [-0.39, 0.29) is 12.0 Å². The lowest BCUT2D eigenvalue weighted by atomic mass is 10.2. The van der Waals surface area contributed by atoms with Crippen molar-refractivity contribution in [2.75, 3.05) is 19.7 Å². The van der Waals surface area contributed by atoms with Crippen LogP contribution < -0.4 is 0 Å². The van der Waals surface area contributed by atoms with Crippen molar-refractivity contribution in [2.24, 2.45) is 0 Å². The maximum Gasteiger partial charge on any atom is 0.276 e. The number of carbonyl (C=O) groups excluding carboxylic acids is 1. The highest BCUT2D eigenvalue weighted by Gasteiger charge is 2.25. The van der Waals surface area contributed by atoms with Gasteiger partial charge >= 0.3 is 0 Å². The molecule has 6 nitrogen and oxygen atoms in total. The standard InChI is InChI=1S/C13H14N2O4/c1-9-8-15(4-6-17-9)13(16)10-7-12(19-14-10)11-3-2-5-18-11/h2-3,5,7,9H,4,6,8H2,1H3/t9-/m1/s1. The number of rotatable bonds is 2. The molecule has 3 rings (SSSR count). The number of ether oxygens (including phenoxy) is 1. The fraction of sp³-hybridized carbons (Fsp3) is 0.385. The fourth-order valence-electron chi connectivity index (χ4n) is 2.08. The first-order valence-electron chi connectivity index (χ1n) is 6.15. The highest BCUT2D eigenvalue weighted by Crippen LogP contribution is 2.21. The van der Waals surface area contributed by atoms with E-state index in [0.29, 0.717) is 36.9 Å². The van der Waals surface area contributed by atoms with Crippen molar-refractivity contribution in [3.05, 3.63) is 30.2 Å². The smallest absolute Gasteiger partial charge is 0.276 e. The van der Waals surface area contributed by atoms with Crippen LogP contribution in [0.1, 0.15) is 17.4 Å². The Kier molecular flexibility index (Phi) is 3.08. The minimum atomic E-state index is -0.142. The second-order valence-electron chi connectivity index (χ2n) is 4.49. The lowest BCUT2D eigenvalue weighted by Gasteiger charge is -2.30. The minimum Gasteiger partial charge on any atom is -0.461 e. The van der Waals surface area contributed by atoms with E-state index in [1.807, 2.05) is 6.92 Å². The molecule has 2 aromatic heterocycles. The molecule has 0 aromatic carbocycles. The monoisotopic (exact) mass is 262 g/mol. The fourth-order valence-corrected chi connectivity index (χ4v) is 2.08. The first-order chi connectivity index (χ1) is 9.24. The number of hydrogen-bond donors (Lipinski definition) is 0. The van der Waals surface area contributed by atoms with E-state index in [0.717, 1.165) is 0 Å². The molecule has 0 saturated carbocycles. The van der Waals surface area contributed by atoms with Crippen LogP contribution >= 0.6 is 0 Å². The van der Waals surface area contributed by atoms with Gasteiger partial charge in [-0.1, -0.05) is 5.16 Å². The summed E-state index contributed by atoms with van der Waals surface area (Å²) in [4.78, 5) is 14.0. The molecule has 1 fully saturated rings. The van der Waals surface area contributed by atoms with Gasteiger partial charge in [0.25, 0.3) is 5.91 Å². The largest absolute Gasteiger partial charge is 0.461 e. The van der Waals surface area contributed by atoms with E-state index in [2.05, 4.69) is 5.16 Å². The molecule has 3 heterocycles. The first kappa shape index (κ1) is 12.0. The zero-order valence-electron chi connectivity index (χ0n) is 10.5. The average molecular weight is 262 g/mol. The van der Waals surface area contributed by atoms with Gasteiger partial charge in [-0.3, -0.25) is 4.79 Å². The molecular formula is C13H14N2O4. The summed E-state index contributed by atoms with van der Waals surface area (Å²) in [5.74, 6) is 0.869. The van der Waals surface area contributed by atoms with Gasteiger partial charge in [0.1, 0.15) is 0 Å². The van der Waals surface area contributed by atoms with Crippen molar-refractivity contribution in [3.63, 3.8) is 0 Å². The Morgan fingerprint density at radius 1 is 1.47 bits per heavy atom. The predicted octanol–water partition coefficient (Wildman–Crippen LogP) is 1.80. The van der Waals surface area contributed by atoms with Crippen LogP contribution in [0.2, 0.25) is 0 Å². The zero-order valence-corrected chi connectivity index (χ0v) is 10.5. The van der Waals surface area contributed by atoms with Gasteiger partial charge in [-0.05, 0) is 19.1 Å². The highest BCUT2D eigenvalue weighted by molar-refractivity contribution is 5.93. The summed E-state index contributed by atoms with van der Waals surface area (Å²) >= 11 is 0. The number of furan rings is 1. The predicted molar refractivity (Wildman–Crippen MR) is 65.5 cm³/mol. The topological polar surface area (TPSA) is 68.7 Å². The van der Waals surface area contributed by atoms with E-state index >= 15 is 0 Å². The molecule has 0 radical (unpaired) electrons. The molecule has 0 spiro atoms. The summed E-state index contributed by atoms with van der Waals surface area (Å²) in [6, 6.07) is 5.11. The van der Waals surface area contributed by atoms with Gasteiger partial charge in [0.05, 0.1) is 19.0 Å². The van der Waals surface area contributed by atoms with Crippen molar-refractivity contribution in [3.8, 4) is 11.5 Å². The molecule has 1 aliphatic heterocycles. The van der Waals surface area contributed by atoms with E-state index in [4.69, 9.17) is 13.7 Å². The molecule has 1 atom stereocenters. The highest BCUT2D eigenvalue weighted by atomic mass is 16.5. The molecule has 2 aromatic rings. The van der Waals surface area contributed by atoms with Crippen LogP contribution in [0.5, 0.6) is 0 Å². The number of nitrogens with zero attached hydrogens (tertiary/aromatic N) is 2. The number of hydrogen-bond acceptors (Lipinski definition) is 5. The van der Waals surface area contributed by atoms with Crippen molar-refractivity contribution in [1.82, 2.24) is 10.1 Å². The van der Waals surface area contributed by atoms with Crippen molar-refractivity contribution in [1.29, 1.82) is 0 Å². The first-order valence-corrected chi connectivity index (χ1v) is 6.15.